The minimum absolute atomic E-state index is 0.0516. The first-order valence-corrected chi connectivity index (χ1v) is 31.8. The van der Waals surface area contributed by atoms with Gasteiger partial charge in [0.15, 0.2) is 23.0 Å². The van der Waals surface area contributed by atoms with E-state index in [9.17, 15) is 24.0 Å². The van der Waals surface area contributed by atoms with Crippen LogP contribution in [0.4, 0.5) is 9.59 Å². The van der Waals surface area contributed by atoms with Gasteiger partial charge in [0.2, 0.25) is 5.91 Å². The number of piperidine rings is 2. The molecule has 87 heavy (non-hydrogen) atoms. The summed E-state index contributed by atoms with van der Waals surface area (Å²) in [5.41, 5.74) is 0.775. The molecule has 0 aromatic heterocycles. The van der Waals surface area contributed by atoms with Crippen molar-refractivity contribution in [2.24, 2.45) is 0 Å². The summed E-state index contributed by atoms with van der Waals surface area (Å²) in [6.07, 6.45) is 10.2. The molecule has 0 bridgehead atoms. The van der Waals surface area contributed by atoms with E-state index in [0.29, 0.717) is 112 Å². The van der Waals surface area contributed by atoms with Crippen molar-refractivity contribution in [3.63, 3.8) is 0 Å². The van der Waals surface area contributed by atoms with E-state index in [-0.39, 0.29) is 66.1 Å². The summed E-state index contributed by atoms with van der Waals surface area (Å²) in [6.45, 7) is 23.6. The molecule has 5 amide bonds. The highest BCUT2D eigenvalue weighted by atomic mass is 16.6. The maximum absolute atomic E-state index is 14.2. The van der Waals surface area contributed by atoms with E-state index in [2.05, 4.69) is 5.32 Å². The summed E-state index contributed by atoms with van der Waals surface area (Å²) < 4.78 is 44.8. The van der Waals surface area contributed by atoms with Gasteiger partial charge in [0, 0.05) is 107 Å². The quantitative estimate of drug-likeness (QED) is 0.0676. The molecule has 4 aliphatic rings. The second-order valence-corrected chi connectivity index (χ2v) is 26.1. The number of amides is 5. The Morgan fingerprint density at radius 2 is 1.00 bits per heavy atom. The molecule has 19 nitrogen and oxygen atoms in total. The first-order chi connectivity index (χ1) is 41.4. The van der Waals surface area contributed by atoms with E-state index in [1.807, 2.05) is 119 Å². The normalized spacial score (nSPS) is 18.7. The van der Waals surface area contributed by atoms with Crippen LogP contribution in [0, 0.1) is 0 Å². The van der Waals surface area contributed by atoms with Crippen molar-refractivity contribution in [1.29, 1.82) is 0 Å². The van der Waals surface area contributed by atoms with Gasteiger partial charge in [-0.2, -0.15) is 0 Å². The average molecular weight is 1210 g/mol. The fourth-order valence-corrected chi connectivity index (χ4v) is 11.5. The van der Waals surface area contributed by atoms with Gasteiger partial charge in [0.25, 0.3) is 11.8 Å². The third-order valence-corrected chi connectivity index (χ3v) is 16.0. The zero-order chi connectivity index (χ0) is 63.4. The van der Waals surface area contributed by atoms with Gasteiger partial charge >= 0.3 is 12.2 Å². The van der Waals surface area contributed by atoms with Crippen LogP contribution in [0.2, 0.25) is 0 Å². The zero-order valence-electron chi connectivity index (χ0n) is 54.9. The third-order valence-electron chi connectivity index (χ3n) is 16.0. The molecule has 2 heterocycles. The van der Waals surface area contributed by atoms with Gasteiger partial charge in [-0.05, 0) is 182 Å². The molecule has 4 fully saturated rings. The molecule has 1 N–H and O–H groups in total. The van der Waals surface area contributed by atoms with E-state index < -0.39 is 17.3 Å². The Morgan fingerprint density at radius 3 is 1.40 bits per heavy atom. The van der Waals surface area contributed by atoms with Crippen LogP contribution in [0.1, 0.15) is 173 Å². The van der Waals surface area contributed by atoms with Crippen LogP contribution in [0.15, 0.2) is 66.7 Å². The molecule has 0 radical (unpaired) electrons. The Bertz CT molecular complexity index is 2650. The Hall–Kier alpha value is -6.31. The molecule has 0 spiro atoms. The number of likely N-dealkylation sites (tertiary alicyclic amines) is 2. The highest BCUT2D eigenvalue weighted by Crippen LogP contribution is 2.35. The van der Waals surface area contributed by atoms with Crippen molar-refractivity contribution in [2.45, 2.75) is 212 Å². The number of hydrogen-bond acceptors (Lipinski definition) is 14. The number of benzene rings is 3. The number of ether oxygens (including phenoxy) is 8. The van der Waals surface area contributed by atoms with E-state index in [4.69, 9.17) is 37.9 Å². The summed E-state index contributed by atoms with van der Waals surface area (Å²) >= 11 is 0. The highest BCUT2D eigenvalue weighted by Gasteiger charge is 2.42. The number of hydrogen-bond donors (Lipinski definition) is 1. The van der Waals surface area contributed by atoms with Crippen molar-refractivity contribution in [1.82, 2.24) is 29.8 Å². The van der Waals surface area contributed by atoms with Crippen molar-refractivity contribution in [2.75, 3.05) is 81.0 Å². The van der Waals surface area contributed by atoms with Gasteiger partial charge in [-0.1, -0.05) is 30.3 Å². The maximum Gasteiger partial charge on any atom is 0.410 e. The number of carbonyl (C=O) groups is 5. The number of nitrogens with one attached hydrogen (secondary N) is 1. The Kier molecular flexibility index (Phi) is 26.7. The molecule has 0 unspecified atom stereocenters. The van der Waals surface area contributed by atoms with Crippen molar-refractivity contribution in [3.8, 4) is 23.0 Å². The highest BCUT2D eigenvalue weighted by molar-refractivity contribution is 5.96. The van der Waals surface area contributed by atoms with Crippen LogP contribution < -0.4 is 24.3 Å². The zero-order valence-corrected chi connectivity index (χ0v) is 54.9. The van der Waals surface area contributed by atoms with Gasteiger partial charge in [0.1, 0.15) is 11.2 Å². The standard InChI is InChI=1S/C38H55N3O7.C30H49N3O6/c1-27(2)41(36(43)29-14-19-33(46-7)34(25-29)47-23-11-22-45-6)32-18-17-31(40(26-32)37(44)48-38(3,4)5)20-21-39(30-15-16-30)35(42)24-28-12-9-8-10-13-28;1-21(2)33(28(34)22-9-14-26(37-7)27(19-22)38-18-8-17-36-6)25-13-12-24(15-16-31-23-10-11-23)32(20-25)29(35)39-30(3,4)5/h8-10,12-14,19,25,27,30-32H,11,15-18,20-24,26H2,1-7H3;9,14,19,21,23-25,31H,8,10-13,15-18,20H2,1-7H3/t31-,32-;24-,25-/m11/s1. The van der Waals surface area contributed by atoms with Crippen LogP contribution in [0.5, 0.6) is 23.0 Å². The summed E-state index contributed by atoms with van der Waals surface area (Å²) in [7, 11) is 6.47. The topological polar surface area (TPSA) is 187 Å². The van der Waals surface area contributed by atoms with Crippen LogP contribution in [0.3, 0.4) is 0 Å². The van der Waals surface area contributed by atoms with Crippen molar-refractivity contribution >= 4 is 29.9 Å². The monoisotopic (exact) mass is 1210 g/mol. The Labute approximate surface area is 519 Å². The molecule has 484 valence electrons. The second kappa shape index (κ2) is 33.3. The molecule has 2 aliphatic carbocycles. The lowest BCUT2D eigenvalue weighted by Gasteiger charge is -2.45. The number of nitrogens with zero attached hydrogens (tertiary/aromatic N) is 5. The summed E-state index contributed by atoms with van der Waals surface area (Å²) in [4.78, 5) is 78.0. The van der Waals surface area contributed by atoms with Gasteiger partial charge in [-0.25, -0.2) is 9.59 Å². The number of methoxy groups -OCH3 is 4. The molecule has 19 heteroatoms. The molecule has 3 aromatic carbocycles. The summed E-state index contributed by atoms with van der Waals surface area (Å²) in [5, 5.41) is 3.57. The minimum Gasteiger partial charge on any atom is -0.493 e. The SMILES string of the molecule is COCCCOc1cc(C(=O)N(C(C)C)[C@@H]2CC[C@H](CCN(C(=O)Cc3ccccc3)C3CC3)N(C(=O)OC(C)(C)C)C2)ccc1OC.COCCCOc1cc(C(=O)N(C(C)C)[C@@H]2CC[C@H](CCNC3CC3)N(C(=O)OC(C)(C)C)C2)ccc1OC. The molecular formula is C68H104N6O13. The van der Waals surface area contributed by atoms with Crippen LogP contribution in [0.25, 0.3) is 0 Å². The molecule has 2 aliphatic heterocycles. The van der Waals surface area contributed by atoms with E-state index in [1.165, 1.54) is 12.8 Å². The first kappa shape index (κ1) is 69.8. The van der Waals surface area contributed by atoms with Crippen molar-refractivity contribution < 1.29 is 61.9 Å². The molecule has 7 rings (SSSR count). The van der Waals surface area contributed by atoms with Gasteiger partial charge < -0.3 is 67.7 Å². The van der Waals surface area contributed by atoms with E-state index in [0.717, 1.165) is 57.1 Å². The predicted octanol–water partition coefficient (Wildman–Crippen LogP) is 11.2. The lowest BCUT2D eigenvalue weighted by atomic mass is 9.93. The average Bonchev–Trinajstić information content (AvgIpc) is 2.19. The molecule has 2 saturated carbocycles. The maximum atomic E-state index is 14.2. The summed E-state index contributed by atoms with van der Waals surface area (Å²) in [6, 6.07) is 20.8. The van der Waals surface area contributed by atoms with Crippen molar-refractivity contribution in [3.05, 3.63) is 83.4 Å². The Balaban J connectivity index is 0.000000284. The van der Waals surface area contributed by atoms with Crippen LogP contribution in [-0.4, -0.2) is 195 Å². The number of carbonyl (C=O) groups excluding carboxylic acids is 5. The van der Waals surface area contributed by atoms with E-state index in [1.54, 1.807) is 69.7 Å². The smallest absolute Gasteiger partial charge is 0.410 e. The number of rotatable bonds is 28. The lowest BCUT2D eigenvalue weighted by Crippen LogP contribution is -2.58. The van der Waals surface area contributed by atoms with Crippen LogP contribution >= 0.6 is 0 Å². The first-order valence-electron chi connectivity index (χ1n) is 31.8. The summed E-state index contributed by atoms with van der Waals surface area (Å²) in [5.74, 6) is 2.08. The molecule has 3 aromatic rings. The fourth-order valence-electron chi connectivity index (χ4n) is 11.5. The molecule has 4 atom stereocenters. The van der Waals surface area contributed by atoms with E-state index >= 15 is 0 Å². The molecular weight excluding hydrogens is 1110 g/mol. The lowest BCUT2D eigenvalue weighted by molar-refractivity contribution is -0.131. The largest absolute Gasteiger partial charge is 0.493 e. The molecule has 2 saturated heterocycles. The van der Waals surface area contributed by atoms with Gasteiger partial charge in [-0.3, -0.25) is 14.4 Å². The van der Waals surface area contributed by atoms with Gasteiger partial charge in [0.05, 0.1) is 45.9 Å². The second-order valence-electron chi connectivity index (χ2n) is 26.1. The fraction of sp³-hybridized carbons (Fsp3) is 0.662. The third kappa shape index (κ3) is 21.8. The minimum atomic E-state index is -0.670. The Morgan fingerprint density at radius 1 is 0.552 bits per heavy atom. The van der Waals surface area contributed by atoms with Gasteiger partial charge in [-0.15, -0.1) is 0 Å². The van der Waals surface area contributed by atoms with Crippen LogP contribution in [-0.2, 0) is 30.2 Å². The predicted molar refractivity (Wildman–Crippen MR) is 337 cm³/mol.